The molecule has 46 valence electrons. The summed E-state index contributed by atoms with van der Waals surface area (Å²) < 4.78 is 0. The molecule has 0 radical (unpaired) electrons. The van der Waals surface area contributed by atoms with Gasteiger partial charge in [0.2, 0.25) is 0 Å². The van der Waals surface area contributed by atoms with Crippen molar-refractivity contribution in [1.29, 1.82) is 0 Å². The molecule has 0 bridgehead atoms. The summed E-state index contributed by atoms with van der Waals surface area (Å²) in [5.74, 6) is 0. The zero-order valence-electron chi connectivity index (χ0n) is 5.22. The molecule has 0 fully saturated rings. The third-order valence-electron chi connectivity index (χ3n) is 0.911. The van der Waals surface area contributed by atoms with Crippen LogP contribution < -0.4 is 0 Å². The molecule has 0 aliphatic rings. The fourth-order valence-electron chi connectivity index (χ4n) is 0.475. The lowest BCUT2D eigenvalue weighted by molar-refractivity contribution is 0.334. The predicted octanol–water partition coefficient (Wildman–Crippen LogP) is 1.50. The second kappa shape index (κ2) is 4.60. The van der Waals surface area contributed by atoms with Crippen LogP contribution in [0, 0.1) is 0 Å². The third-order valence-corrected chi connectivity index (χ3v) is 0.911. The van der Waals surface area contributed by atoms with Crippen LogP contribution in [0.4, 0.5) is 0 Å². The number of hydrogen-bond donors (Lipinski definition) is 1. The van der Waals surface area contributed by atoms with Crippen LogP contribution in [0.15, 0.2) is 24.3 Å². The van der Waals surface area contributed by atoms with Gasteiger partial charge in [-0.3, -0.25) is 0 Å². The van der Waals surface area contributed by atoms with E-state index in [2.05, 4.69) is 6.58 Å². The van der Waals surface area contributed by atoms with Crippen molar-refractivity contribution in [3.05, 3.63) is 24.3 Å². The zero-order chi connectivity index (χ0) is 6.41. The largest absolute Gasteiger partial charge is 0.392 e. The molecule has 0 aliphatic heterocycles. The highest BCUT2D eigenvalue weighted by atomic mass is 16.3. The molecule has 0 amide bonds. The SMILES string of the molecule is C=CC(=CCC)CO. The predicted molar refractivity (Wildman–Crippen MR) is 35.7 cm³/mol. The molecular formula is C7H12O. The van der Waals surface area contributed by atoms with Gasteiger partial charge < -0.3 is 5.11 Å². The highest BCUT2D eigenvalue weighted by Gasteiger charge is 1.81. The van der Waals surface area contributed by atoms with Crippen LogP contribution >= 0.6 is 0 Å². The first-order valence-electron chi connectivity index (χ1n) is 2.77. The lowest BCUT2D eigenvalue weighted by Crippen LogP contribution is -1.83. The summed E-state index contributed by atoms with van der Waals surface area (Å²) in [5.41, 5.74) is 0.910. The first kappa shape index (κ1) is 7.44. The number of allylic oxidation sites excluding steroid dienone is 1. The summed E-state index contributed by atoms with van der Waals surface area (Å²) >= 11 is 0. The van der Waals surface area contributed by atoms with Crippen LogP contribution in [0.2, 0.25) is 0 Å². The van der Waals surface area contributed by atoms with Gasteiger partial charge in [-0.25, -0.2) is 0 Å². The van der Waals surface area contributed by atoms with Gasteiger partial charge in [0, 0.05) is 0 Å². The van der Waals surface area contributed by atoms with E-state index in [4.69, 9.17) is 5.11 Å². The number of aliphatic hydroxyl groups excluding tert-OH is 1. The molecule has 0 atom stereocenters. The van der Waals surface area contributed by atoms with Crippen molar-refractivity contribution in [2.75, 3.05) is 6.61 Å². The Morgan fingerprint density at radius 3 is 2.50 bits per heavy atom. The fourth-order valence-corrected chi connectivity index (χ4v) is 0.475. The lowest BCUT2D eigenvalue weighted by atomic mass is 10.2. The van der Waals surface area contributed by atoms with E-state index >= 15 is 0 Å². The average molecular weight is 112 g/mol. The molecule has 0 aliphatic carbocycles. The molecule has 0 heterocycles. The normalized spacial score (nSPS) is 11.5. The van der Waals surface area contributed by atoms with Gasteiger partial charge in [-0.05, 0) is 12.0 Å². The molecule has 0 aromatic rings. The van der Waals surface area contributed by atoms with Crippen molar-refractivity contribution in [3.63, 3.8) is 0 Å². The van der Waals surface area contributed by atoms with E-state index in [1.165, 1.54) is 0 Å². The first-order valence-corrected chi connectivity index (χ1v) is 2.77. The summed E-state index contributed by atoms with van der Waals surface area (Å²) in [7, 11) is 0. The van der Waals surface area contributed by atoms with E-state index in [1.54, 1.807) is 6.08 Å². The van der Waals surface area contributed by atoms with Crippen molar-refractivity contribution in [3.8, 4) is 0 Å². The topological polar surface area (TPSA) is 20.2 Å². The average Bonchev–Trinajstić information content (AvgIpc) is 1.83. The second-order valence-electron chi connectivity index (χ2n) is 1.55. The van der Waals surface area contributed by atoms with E-state index in [1.807, 2.05) is 13.0 Å². The Morgan fingerprint density at radius 2 is 2.38 bits per heavy atom. The van der Waals surface area contributed by atoms with E-state index in [-0.39, 0.29) is 6.61 Å². The quantitative estimate of drug-likeness (QED) is 0.548. The maximum Gasteiger partial charge on any atom is 0.0678 e. The first-order chi connectivity index (χ1) is 3.85. The molecule has 0 saturated heterocycles. The van der Waals surface area contributed by atoms with Crippen LogP contribution in [-0.4, -0.2) is 11.7 Å². The Labute approximate surface area is 50.3 Å². The minimum atomic E-state index is 0.108. The number of hydrogen-bond acceptors (Lipinski definition) is 1. The monoisotopic (exact) mass is 112 g/mol. The molecular weight excluding hydrogens is 100 g/mol. The lowest BCUT2D eigenvalue weighted by Gasteiger charge is -1.90. The molecule has 1 N–H and O–H groups in total. The molecule has 0 unspecified atom stereocenters. The van der Waals surface area contributed by atoms with Gasteiger partial charge in [-0.1, -0.05) is 25.7 Å². The summed E-state index contributed by atoms with van der Waals surface area (Å²) in [5, 5.41) is 8.52. The zero-order valence-corrected chi connectivity index (χ0v) is 5.22. The highest BCUT2D eigenvalue weighted by Crippen LogP contribution is 1.94. The van der Waals surface area contributed by atoms with E-state index < -0.39 is 0 Å². The molecule has 0 saturated carbocycles. The molecule has 0 aromatic carbocycles. The van der Waals surface area contributed by atoms with Crippen molar-refractivity contribution < 1.29 is 5.11 Å². The Bertz CT molecular complexity index is 92.6. The van der Waals surface area contributed by atoms with Gasteiger partial charge >= 0.3 is 0 Å². The Hall–Kier alpha value is -0.560. The van der Waals surface area contributed by atoms with Crippen LogP contribution in [-0.2, 0) is 0 Å². The second-order valence-corrected chi connectivity index (χ2v) is 1.55. The fraction of sp³-hybridized carbons (Fsp3) is 0.429. The molecule has 0 rings (SSSR count). The number of aliphatic hydroxyl groups is 1. The number of rotatable bonds is 3. The molecule has 1 heteroatoms. The van der Waals surface area contributed by atoms with Gasteiger partial charge in [0.1, 0.15) is 0 Å². The molecule has 8 heavy (non-hydrogen) atoms. The van der Waals surface area contributed by atoms with Gasteiger partial charge in [0.25, 0.3) is 0 Å². The van der Waals surface area contributed by atoms with Gasteiger partial charge in [-0.2, -0.15) is 0 Å². The third kappa shape index (κ3) is 2.59. The summed E-state index contributed by atoms with van der Waals surface area (Å²) in [6.45, 7) is 5.66. The smallest absolute Gasteiger partial charge is 0.0678 e. The molecule has 0 spiro atoms. The van der Waals surface area contributed by atoms with E-state index in [9.17, 15) is 0 Å². The standard InChI is InChI=1S/C7H12O/c1-3-5-7(4-2)6-8/h4-5,8H,2-3,6H2,1H3. The minimum Gasteiger partial charge on any atom is -0.392 e. The molecule has 0 aromatic heterocycles. The van der Waals surface area contributed by atoms with Gasteiger partial charge in [-0.15, -0.1) is 0 Å². The van der Waals surface area contributed by atoms with Crippen molar-refractivity contribution in [2.45, 2.75) is 13.3 Å². The van der Waals surface area contributed by atoms with Crippen molar-refractivity contribution >= 4 is 0 Å². The summed E-state index contributed by atoms with van der Waals surface area (Å²) in [6, 6.07) is 0. The van der Waals surface area contributed by atoms with Crippen molar-refractivity contribution in [2.24, 2.45) is 0 Å². The van der Waals surface area contributed by atoms with E-state index in [0.717, 1.165) is 12.0 Å². The minimum absolute atomic E-state index is 0.108. The Morgan fingerprint density at radius 1 is 1.75 bits per heavy atom. The Kier molecular flexibility index (Phi) is 4.27. The van der Waals surface area contributed by atoms with Gasteiger partial charge in [0.05, 0.1) is 6.61 Å². The summed E-state index contributed by atoms with van der Waals surface area (Å²) in [6.07, 6.45) is 4.58. The van der Waals surface area contributed by atoms with Crippen LogP contribution in [0.5, 0.6) is 0 Å². The van der Waals surface area contributed by atoms with Crippen LogP contribution in [0.25, 0.3) is 0 Å². The van der Waals surface area contributed by atoms with Crippen LogP contribution in [0.3, 0.4) is 0 Å². The van der Waals surface area contributed by atoms with Gasteiger partial charge in [0.15, 0.2) is 0 Å². The maximum atomic E-state index is 8.52. The highest BCUT2D eigenvalue weighted by molar-refractivity contribution is 5.15. The van der Waals surface area contributed by atoms with Crippen molar-refractivity contribution in [1.82, 2.24) is 0 Å². The van der Waals surface area contributed by atoms with E-state index in [0.29, 0.717) is 0 Å². The Balaban J connectivity index is 3.66. The van der Waals surface area contributed by atoms with Crippen LogP contribution in [0.1, 0.15) is 13.3 Å². The molecule has 1 nitrogen and oxygen atoms in total. The summed E-state index contributed by atoms with van der Waals surface area (Å²) in [4.78, 5) is 0. The maximum absolute atomic E-state index is 8.52.